The zero-order chi connectivity index (χ0) is 15.1. The molecule has 4 rings (SSSR count). The summed E-state index contributed by atoms with van der Waals surface area (Å²) in [5.41, 5.74) is 9.44. The standard InChI is InChI=1S/C16H18N2O4/c1-19-15-10-5-3-6-20-14(10)13(11-8-12(17)22-18-11)9-4-2-7-21-16(9)15/h8H,2-7,17H2,1H3. The van der Waals surface area contributed by atoms with Crippen molar-refractivity contribution >= 4 is 5.88 Å². The molecule has 2 aromatic rings. The van der Waals surface area contributed by atoms with Gasteiger partial charge in [0.1, 0.15) is 11.4 Å². The Kier molecular flexibility index (Phi) is 3.10. The number of anilines is 1. The lowest BCUT2D eigenvalue weighted by Gasteiger charge is -2.29. The zero-order valence-electron chi connectivity index (χ0n) is 12.5. The number of methoxy groups -OCH3 is 1. The third-order valence-corrected chi connectivity index (χ3v) is 4.18. The Morgan fingerprint density at radius 2 is 1.82 bits per heavy atom. The molecule has 0 spiro atoms. The van der Waals surface area contributed by atoms with Crippen molar-refractivity contribution in [1.82, 2.24) is 5.16 Å². The summed E-state index contributed by atoms with van der Waals surface area (Å²) >= 11 is 0. The number of rotatable bonds is 2. The van der Waals surface area contributed by atoms with Crippen molar-refractivity contribution in [2.75, 3.05) is 26.1 Å². The maximum atomic E-state index is 5.97. The highest BCUT2D eigenvalue weighted by Gasteiger charge is 2.31. The fourth-order valence-corrected chi connectivity index (χ4v) is 3.30. The van der Waals surface area contributed by atoms with Gasteiger partial charge in [0.25, 0.3) is 0 Å². The number of ether oxygens (including phenoxy) is 3. The molecule has 0 fully saturated rings. The van der Waals surface area contributed by atoms with Gasteiger partial charge in [0.2, 0.25) is 5.88 Å². The van der Waals surface area contributed by atoms with E-state index in [0.29, 0.717) is 24.8 Å². The average molecular weight is 302 g/mol. The van der Waals surface area contributed by atoms with Gasteiger partial charge in [0, 0.05) is 17.2 Å². The predicted molar refractivity (Wildman–Crippen MR) is 80.5 cm³/mol. The van der Waals surface area contributed by atoms with Crippen LogP contribution in [0.3, 0.4) is 0 Å². The number of hydrogen-bond acceptors (Lipinski definition) is 6. The number of nitrogens with zero attached hydrogens (tertiary/aromatic N) is 1. The van der Waals surface area contributed by atoms with Gasteiger partial charge in [-0.3, -0.25) is 0 Å². The van der Waals surface area contributed by atoms with Crippen molar-refractivity contribution in [1.29, 1.82) is 0 Å². The summed E-state index contributed by atoms with van der Waals surface area (Å²) in [6, 6.07) is 1.73. The van der Waals surface area contributed by atoms with Gasteiger partial charge in [0.15, 0.2) is 11.5 Å². The lowest BCUT2D eigenvalue weighted by atomic mass is 9.90. The summed E-state index contributed by atoms with van der Waals surface area (Å²) < 4.78 is 22.6. The molecule has 0 atom stereocenters. The molecule has 0 bridgehead atoms. The molecule has 0 saturated carbocycles. The number of nitrogens with two attached hydrogens (primary N) is 1. The van der Waals surface area contributed by atoms with Gasteiger partial charge < -0.3 is 24.5 Å². The first kappa shape index (κ1) is 13.3. The molecule has 0 amide bonds. The summed E-state index contributed by atoms with van der Waals surface area (Å²) in [7, 11) is 1.68. The van der Waals surface area contributed by atoms with Gasteiger partial charge in [0.05, 0.1) is 25.9 Å². The molecule has 0 aliphatic carbocycles. The van der Waals surface area contributed by atoms with Crippen LogP contribution in [0.1, 0.15) is 24.0 Å². The molecule has 1 aromatic carbocycles. The normalized spacial score (nSPS) is 16.2. The minimum Gasteiger partial charge on any atom is -0.492 e. The van der Waals surface area contributed by atoms with E-state index in [4.69, 9.17) is 24.5 Å². The van der Waals surface area contributed by atoms with Crippen molar-refractivity contribution in [3.8, 4) is 28.5 Å². The third-order valence-electron chi connectivity index (χ3n) is 4.18. The second-order valence-electron chi connectivity index (χ2n) is 5.54. The Bertz CT molecular complexity index is 686. The molecule has 2 aliphatic rings. The molecule has 0 saturated heterocycles. The number of aromatic nitrogens is 1. The highest BCUT2D eigenvalue weighted by molar-refractivity contribution is 5.80. The van der Waals surface area contributed by atoms with E-state index < -0.39 is 0 Å². The molecule has 1 aromatic heterocycles. The second kappa shape index (κ2) is 5.12. The molecular formula is C16H18N2O4. The molecule has 0 radical (unpaired) electrons. The van der Waals surface area contributed by atoms with E-state index in [0.717, 1.165) is 59.6 Å². The zero-order valence-corrected chi connectivity index (χ0v) is 12.5. The van der Waals surface area contributed by atoms with Crippen molar-refractivity contribution in [3.63, 3.8) is 0 Å². The average Bonchev–Trinajstić information content (AvgIpc) is 2.98. The summed E-state index contributed by atoms with van der Waals surface area (Å²) in [4.78, 5) is 0. The summed E-state index contributed by atoms with van der Waals surface area (Å²) in [5.74, 6) is 2.74. The van der Waals surface area contributed by atoms with Gasteiger partial charge >= 0.3 is 0 Å². The van der Waals surface area contributed by atoms with Gasteiger partial charge in [-0.05, 0) is 25.7 Å². The van der Waals surface area contributed by atoms with Crippen LogP contribution in [0, 0.1) is 0 Å². The first-order valence-electron chi connectivity index (χ1n) is 7.53. The number of hydrogen-bond donors (Lipinski definition) is 1. The Balaban J connectivity index is 2.03. The number of nitrogen functional groups attached to an aromatic ring is 1. The molecule has 2 N–H and O–H groups in total. The summed E-state index contributed by atoms with van der Waals surface area (Å²) in [5, 5.41) is 4.08. The van der Waals surface area contributed by atoms with Crippen LogP contribution in [0.25, 0.3) is 11.3 Å². The smallest absolute Gasteiger partial charge is 0.222 e. The topological polar surface area (TPSA) is 79.7 Å². The lowest BCUT2D eigenvalue weighted by molar-refractivity contribution is 0.254. The van der Waals surface area contributed by atoms with E-state index in [-0.39, 0.29) is 0 Å². The molecule has 3 heterocycles. The van der Waals surface area contributed by atoms with E-state index in [1.165, 1.54) is 0 Å². The van der Waals surface area contributed by atoms with E-state index in [1.54, 1.807) is 13.2 Å². The van der Waals surface area contributed by atoms with Crippen molar-refractivity contribution in [2.24, 2.45) is 0 Å². The monoisotopic (exact) mass is 302 g/mol. The molecule has 2 aliphatic heterocycles. The maximum Gasteiger partial charge on any atom is 0.222 e. The molecular weight excluding hydrogens is 284 g/mol. The van der Waals surface area contributed by atoms with E-state index in [1.807, 2.05) is 0 Å². The molecule has 22 heavy (non-hydrogen) atoms. The van der Waals surface area contributed by atoms with E-state index in [9.17, 15) is 0 Å². The molecule has 6 nitrogen and oxygen atoms in total. The van der Waals surface area contributed by atoms with E-state index >= 15 is 0 Å². The molecule has 6 heteroatoms. The Labute approximate surface area is 128 Å². The summed E-state index contributed by atoms with van der Waals surface area (Å²) in [6.45, 7) is 1.39. The van der Waals surface area contributed by atoms with Gasteiger partial charge in [-0.1, -0.05) is 5.16 Å². The third kappa shape index (κ3) is 1.90. The van der Waals surface area contributed by atoms with Crippen LogP contribution in [0.5, 0.6) is 17.2 Å². The highest BCUT2D eigenvalue weighted by Crippen LogP contribution is 2.51. The number of fused-ring (bicyclic) bond motifs is 2. The minimum atomic E-state index is 0.292. The van der Waals surface area contributed by atoms with E-state index in [2.05, 4.69) is 5.16 Å². The first-order valence-corrected chi connectivity index (χ1v) is 7.53. The van der Waals surface area contributed by atoms with Crippen LogP contribution in [0.2, 0.25) is 0 Å². The quantitative estimate of drug-likeness (QED) is 0.918. The van der Waals surface area contributed by atoms with Crippen LogP contribution in [0.4, 0.5) is 5.88 Å². The van der Waals surface area contributed by atoms with Crippen LogP contribution < -0.4 is 19.9 Å². The fraction of sp³-hybridized carbons (Fsp3) is 0.438. The summed E-state index contributed by atoms with van der Waals surface area (Å²) in [6.07, 6.45) is 3.71. The van der Waals surface area contributed by atoms with Crippen molar-refractivity contribution < 1.29 is 18.7 Å². The second-order valence-corrected chi connectivity index (χ2v) is 5.54. The lowest BCUT2D eigenvalue weighted by Crippen LogP contribution is -2.17. The number of benzene rings is 1. The predicted octanol–water partition coefficient (Wildman–Crippen LogP) is 2.58. The Hall–Kier alpha value is -2.37. The highest BCUT2D eigenvalue weighted by atomic mass is 16.5. The maximum absolute atomic E-state index is 5.97. The van der Waals surface area contributed by atoms with Crippen LogP contribution in [-0.2, 0) is 12.8 Å². The SMILES string of the molecule is COc1c2c(c(-c3cc(N)on3)c3c1OCCC3)OCCC2. The van der Waals surface area contributed by atoms with Gasteiger partial charge in [-0.2, -0.15) is 0 Å². The Morgan fingerprint density at radius 1 is 1.09 bits per heavy atom. The largest absolute Gasteiger partial charge is 0.492 e. The van der Waals surface area contributed by atoms with Crippen LogP contribution >= 0.6 is 0 Å². The van der Waals surface area contributed by atoms with Crippen LogP contribution in [-0.4, -0.2) is 25.5 Å². The minimum absolute atomic E-state index is 0.292. The van der Waals surface area contributed by atoms with Gasteiger partial charge in [-0.25, -0.2) is 0 Å². The Morgan fingerprint density at radius 3 is 2.50 bits per heavy atom. The van der Waals surface area contributed by atoms with Gasteiger partial charge in [-0.15, -0.1) is 0 Å². The van der Waals surface area contributed by atoms with Crippen molar-refractivity contribution in [2.45, 2.75) is 25.7 Å². The molecule has 0 unspecified atom stereocenters. The van der Waals surface area contributed by atoms with Crippen LogP contribution in [0.15, 0.2) is 10.6 Å². The molecule has 116 valence electrons. The van der Waals surface area contributed by atoms with Crippen molar-refractivity contribution in [3.05, 3.63) is 17.2 Å². The fourth-order valence-electron chi connectivity index (χ4n) is 3.30. The first-order chi connectivity index (χ1) is 10.8.